The number of carbonyl (C=O) groups excluding carboxylic acids is 2. The zero-order chi connectivity index (χ0) is 29.2. The first-order valence-electron chi connectivity index (χ1n) is 11.3. The quantitative estimate of drug-likeness (QED) is 0.326. The van der Waals surface area contributed by atoms with Crippen molar-refractivity contribution < 1.29 is 49.4 Å². The molecule has 0 spiro atoms. The number of rotatable bonds is 8. The minimum Gasteiger partial charge on any atom is -0.426 e. The molecule has 0 aliphatic heterocycles. The van der Waals surface area contributed by atoms with Gasteiger partial charge in [0.25, 0.3) is 17.4 Å². The van der Waals surface area contributed by atoms with Gasteiger partial charge in [0.05, 0.1) is 0 Å². The molecule has 0 bridgehead atoms. The molecule has 2 atom stereocenters. The number of benzene rings is 1. The summed E-state index contributed by atoms with van der Waals surface area (Å²) in [6.45, 7) is 1.15. The Hall–Kier alpha value is -3.23. The summed E-state index contributed by atoms with van der Waals surface area (Å²) < 4.78 is 109. The van der Waals surface area contributed by atoms with Gasteiger partial charge in [-0.1, -0.05) is 11.6 Å². The maximum absolute atomic E-state index is 14.2. The topological polar surface area (TPSA) is 84.4 Å². The van der Waals surface area contributed by atoms with Gasteiger partial charge >= 0.3 is 12.3 Å². The third-order valence-corrected chi connectivity index (χ3v) is 6.33. The largest absolute Gasteiger partial charge is 0.499 e. The Morgan fingerprint density at radius 3 is 2.10 bits per heavy atom. The maximum Gasteiger partial charge on any atom is 0.499 e. The molecule has 1 fully saturated rings. The second-order valence-electron chi connectivity index (χ2n) is 8.89. The van der Waals surface area contributed by atoms with Crippen molar-refractivity contribution in [1.82, 2.24) is 15.3 Å². The zero-order valence-corrected chi connectivity index (χ0v) is 20.7. The molecular formula is C23H21ClF8N4O3. The zero-order valence-electron chi connectivity index (χ0n) is 20.0. The Morgan fingerprint density at radius 1 is 1.08 bits per heavy atom. The van der Waals surface area contributed by atoms with Crippen molar-refractivity contribution in [2.45, 2.75) is 68.0 Å². The van der Waals surface area contributed by atoms with Crippen molar-refractivity contribution in [2.75, 3.05) is 4.90 Å². The Labute approximate surface area is 221 Å². The summed E-state index contributed by atoms with van der Waals surface area (Å²) in [6, 6.07) is 2.19. The van der Waals surface area contributed by atoms with Crippen LogP contribution in [0.25, 0.3) is 0 Å². The molecule has 1 aliphatic rings. The summed E-state index contributed by atoms with van der Waals surface area (Å²) in [5, 5.41) is 2.56. The SMILES string of the molecule is CC(C(=O)NC1CCC(F)(F)CC1)(c1cncnc1)N(C(=O)[C@H](F)Cl)c1ccc(OC(F)(F)C(F)(F)F)cc1. The Balaban J connectivity index is 2.03. The molecule has 214 valence electrons. The van der Waals surface area contributed by atoms with E-state index in [0.29, 0.717) is 17.0 Å². The van der Waals surface area contributed by atoms with Crippen molar-refractivity contribution in [3.63, 3.8) is 0 Å². The number of hydrogen-bond donors (Lipinski definition) is 1. The first kappa shape index (κ1) is 30.3. The van der Waals surface area contributed by atoms with Gasteiger partial charge in [0, 0.05) is 42.5 Å². The monoisotopic (exact) mass is 588 g/mol. The number of hydrogen-bond acceptors (Lipinski definition) is 5. The van der Waals surface area contributed by atoms with E-state index in [9.17, 15) is 44.7 Å². The van der Waals surface area contributed by atoms with Gasteiger partial charge in [0.15, 0.2) is 5.54 Å². The minimum absolute atomic E-state index is 0.0850. The van der Waals surface area contributed by atoms with E-state index < -0.39 is 65.8 Å². The van der Waals surface area contributed by atoms with Crippen LogP contribution in [0.2, 0.25) is 0 Å². The van der Waals surface area contributed by atoms with Crippen LogP contribution in [0.3, 0.4) is 0 Å². The summed E-state index contributed by atoms with van der Waals surface area (Å²) >= 11 is 5.41. The Kier molecular flexibility index (Phi) is 8.63. The van der Waals surface area contributed by atoms with Gasteiger partial charge in [-0.25, -0.2) is 23.1 Å². The molecule has 1 aliphatic carbocycles. The van der Waals surface area contributed by atoms with Crippen molar-refractivity contribution in [2.24, 2.45) is 0 Å². The van der Waals surface area contributed by atoms with Gasteiger partial charge in [-0.05, 0) is 44.0 Å². The molecule has 1 aromatic carbocycles. The molecular weight excluding hydrogens is 568 g/mol. The van der Waals surface area contributed by atoms with Crippen LogP contribution in [0.4, 0.5) is 40.8 Å². The molecule has 1 N–H and O–H groups in total. The van der Waals surface area contributed by atoms with Gasteiger partial charge in [-0.15, -0.1) is 0 Å². The molecule has 0 radical (unpaired) electrons. The predicted octanol–water partition coefficient (Wildman–Crippen LogP) is 5.49. The molecule has 1 unspecified atom stereocenters. The molecule has 2 amide bonds. The molecule has 7 nitrogen and oxygen atoms in total. The number of carbonyl (C=O) groups is 2. The summed E-state index contributed by atoms with van der Waals surface area (Å²) in [5.41, 5.74) is -5.38. The maximum atomic E-state index is 14.2. The van der Waals surface area contributed by atoms with E-state index in [1.165, 1.54) is 0 Å². The molecule has 1 heterocycles. The average molecular weight is 589 g/mol. The fourth-order valence-electron chi connectivity index (χ4n) is 4.00. The summed E-state index contributed by atoms with van der Waals surface area (Å²) in [6.07, 6.45) is -9.48. The molecule has 16 heteroatoms. The number of nitrogens with one attached hydrogen (secondary N) is 1. The van der Waals surface area contributed by atoms with E-state index in [4.69, 9.17) is 11.6 Å². The van der Waals surface area contributed by atoms with Crippen LogP contribution in [0.5, 0.6) is 5.75 Å². The van der Waals surface area contributed by atoms with E-state index in [0.717, 1.165) is 37.8 Å². The fraction of sp³-hybridized carbons (Fsp3) is 0.478. The fourth-order valence-corrected chi connectivity index (χ4v) is 4.09. The number of halogens is 9. The molecule has 1 aromatic heterocycles. The molecule has 3 rings (SSSR count). The number of ether oxygens (including phenoxy) is 1. The number of anilines is 1. The van der Waals surface area contributed by atoms with Crippen LogP contribution < -0.4 is 15.0 Å². The van der Waals surface area contributed by atoms with E-state index in [2.05, 4.69) is 20.0 Å². The van der Waals surface area contributed by atoms with E-state index >= 15 is 0 Å². The average Bonchev–Trinajstić information content (AvgIpc) is 2.85. The lowest BCUT2D eigenvalue weighted by Crippen LogP contribution is -2.60. The lowest BCUT2D eigenvalue weighted by molar-refractivity contribution is -0.360. The normalized spacial score (nSPS) is 18.5. The molecule has 2 aromatic rings. The van der Waals surface area contributed by atoms with E-state index in [1.54, 1.807) is 0 Å². The summed E-state index contributed by atoms with van der Waals surface area (Å²) in [5.74, 6) is -6.36. The van der Waals surface area contributed by atoms with Gasteiger partial charge in [-0.2, -0.15) is 22.0 Å². The van der Waals surface area contributed by atoms with Crippen LogP contribution >= 0.6 is 11.6 Å². The third kappa shape index (κ3) is 6.68. The third-order valence-electron chi connectivity index (χ3n) is 6.14. The highest BCUT2D eigenvalue weighted by Gasteiger charge is 2.61. The van der Waals surface area contributed by atoms with Gasteiger partial charge in [-0.3, -0.25) is 14.5 Å². The van der Waals surface area contributed by atoms with Crippen molar-refractivity contribution in [3.05, 3.63) is 48.5 Å². The highest BCUT2D eigenvalue weighted by Crippen LogP contribution is 2.40. The lowest BCUT2D eigenvalue weighted by atomic mass is 9.87. The van der Waals surface area contributed by atoms with Gasteiger partial charge in [0.1, 0.15) is 12.1 Å². The van der Waals surface area contributed by atoms with Crippen molar-refractivity contribution >= 4 is 29.1 Å². The van der Waals surface area contributed by atoms with Crippen LogP contribution in [0.1, 0.15) is 38.2 Å². The van der Waals surface area contributed by atoms with Crippen LogP contribution in [0, 0.1) is 0 Å². The lowest BCUT2D eigenvalue weighted by Gasteiger charge is -2.41. The van der Waals surface area contributed by atoms with Gasteiger partial charge in [0.2, 0.25) is 5.92 Å². The van der Waals surface area contributed by atoms with Crippen molar-refractivity contribution in [3.8, 4) is 5.75 Å². The standard InChI is InChI=1S/C23H21ClF8N4O3/c1-20(13-10-33-12-34-11-13,19(38)35-14-6-8-21(26,27)9-7-14)36(18(37)17(24)25)15-2-4-16(5-3-15)39-23(31,32)22(28,29)30/h2-5,10-12,14,17H,6-9H2,1H3,(H,35,38)/t17-,20?/m0/s1. The molecule has 0 saturated heterocycles. The minimum atomic E-state index is -6.03. The van der Waals surface area contributed by atoms with E-state index in [-0.39, 0.29) is 24.1 Å². The number of aromatic nitrogens is 2. The smallest absolute Gasteiger partial charge is 0.426 e. The Morgan fingerprint density at radius 2 is 1.62 bits per heavy atom. The second-order valence-corrected chi connectivity index (χ2v) is 9.27. The highest BCUT2D eigenvalue weighted by atomic mass is 35.5. The predicted molar refractivity (Wildman–Crippen MR) is 121 cm³/mol. The summed E-state index contributed by atoms with van der Waals surface area (Å²) in [7, 11) is 0. The first-order valence-corrected chi connectivity index (χ1v) is 11.7. The van der Waals surface area contributed by atoms with E-state index in [1.807, 2.05) is 0 Å². The van der Waals surface area contributed by atoms with Crippen LogP contribution in [-0.2, 0) is 15.1 Å². The van der Waals surface area contributed by atoms with Crippen LogP contribution in [-0.4, -0.2) is 51.7 Å². The molecule has 39 heavy (non-hydrogen) atoms. The first-order chi connectivity index (χ1) is 18.0. The summed E-state index contributed by atoms with van der Waals surface area (Å²) in [4.78, 5) is 34.8. The molecule has 1 saturated carbocycles. The van der Waals surface area contributed by atoms with Crippen LogP contribution in [0.15, 0.2) is 43.0 Å². The Bertz CT molecular complexity index is 1160. The van der Waals surface area contributed by atoms with Crippen molar-refractivity contribution in [1.29, 1.82) is 0 Å². The highest BCUT2D eigenvalue weighted by molar-refractivity contribution is 6.32. The number of alkyl halides is 9. The number of amides is 2. The van der Waals surface area contributed by atoms with Gasteiger partial charge < -0.3 is 10.1 Å². The number of nitrogens with zero attached hydrogens (tertiary/aromatic N) is 3. The second kappa shape index (κ2) is 11.1.